The van der Waals surface area contributed by atoms with Crippen molar-refractivity contribution in [2.45, 2.75) is 57.6 Å². The number of rotatable bonds is 7. The number of imidazole rings is 1. The Morgan fingerprint density at radius 2 is 1.93 bits per heavy atom. The molecule has 42 heavy (non-hydrogen) atoms. The van der Waals surface area contributed by atoms with Gasteiger partial charge in [-0.3, -0.25) is 4.90 Å². The average Bonchev–Trinajstić information content (AvgIpc) is 3.70. The van der Waals surface area contributed by atoms with Gasteiger partial charge in [-0.2, -0.15) is 8.78 Å². The van der Waals surface area contributed by atoms with Crippen LogP contribution in [0.1, 0.15) is 62.0 Å². The molecule has 218 valence electrons. The van der Waals surface area contributed by atoms with Gasteiger partial charge >= 0.3 is 6.09 Å². The van der Waals surface area contributed by atoms with Crippen LogP contribution in [-0.2, 0) is 29.9 Å². The van der Waals surface area contributed by atoms with Crippen LogP contribution in [0.4, 0.5) is 23.8 Å². The molecule has 1 fully saturated rings. The highest BCUT2D eigenvalue weighted by molar-refractivity contribution is 5.90. The largest absolute Gasteiger partial charge is 0.480 e. The molecule has 10 nitrogen and oxygen atoms in total. The number of hydrogen-bond donors (Lipinski definition) is 0. The highest BCUT2D eigenvalue weighted by Gasteiger charge is 2.41. The molecule has 0 atom stereocenters. The third kappa shape index (κ3) is 4.82. The van der Waals surface area contributed by atoms with Crippen LogP contribution >= 0.6 is 0 Å². The fourth-order valence-electron chi connectivity index (χ4n) is 5.04. The van der Waals surface area contributed by atoms with E-state index in [9.17, 15) is 13.6 Å². The Bertz CT molecular complexity index is 1710. The molecule has 6 rings (SSSR count). The summed E-state index contributed by atoms with van der Waals surface area (Å²) in [6.45, 7) is 4.13. The number of aryl methyl sites for hydroxylation is 1. The molecule has 1 aliphatic carbocycles. The standard InChI is InChI=1S/C29H28F3N7O3/c1-28(2)18-11-33-23(21-22(16-7-8-16)34-14-35-26(21)41-5)37-25(18)39(27(40)42-28)12-15-6-9-17(19(30)10-15)24-36-20(13-38(24)4)29(3,31)32/h6,9-11,13-14,16H,7-8,12H2,1-5H3. The van der Waals surface area contributed by atoms with E-state index in [0.717, 1.165) is 25.5 Å². The summed E-state index contributed by atoms with van der Waals surface area (Å²) in [5.74, 6) is -2.62. The van der Waals surface area contributed by atoms with Gasteiger partial charge < -0.3 is 14.0 Å². The number of aromatic nitrogens is 6. The molecule has 3 aromatic heterocycles. The number of carbonyl (C=O) groups excluding carboxylic acids is 1. The molecule has 0 N–H and O–H groups in total. The second-order valence-corrected chi connectivity index (χ2v) is 11.1. The van der Waals surface area contributed by atoms with Crippen molar-refractivity contribution in [2.75, 3.05) is 12.0 Å². The summed E-state index contributed by atoms with van der Waals surface area (Å²) in [7, 11) is 3.03. The molecule has 0 spiro atoms. The van der Waals surface area contributed by atoms with Crippen molar-refractivity contribution in [3.05, 3.63) is 65.3 Å². The number of halogens is 3. The monoisotopic (exact) mass is 579 g/mol. The van der Waals surface area contributed by atoms with E-state index in [1.807, 2.05) is 0 Å². The predicted octanol–water partition coefficient (Wildman–Crippen LogP) is 5.86. The molecule has 0 bridgehead atoms. The zero-order valence-electron chi connectivity index (χ0n) is 23.7. The molecule has 1 saturated carbocycles. The topological polar surface area (TPSA) is 108 Å². The number of ether oxygens (including phenoxy) is 2. The SMILES string of the molecule is COc1ncnc(C2CC2)c1-c1ncc2c(n1)N(Cc1ccc(-c3nc(C(C)(F)F)cn3C)c(F)c1)C(=O)OC2(C)C. The Labute approximate surface area is 239 Å². The van der Waals surface area contributed by atoms with Crippen molar-refractivity contribution < 1.29 is 27.4 Å². The number of methoxy groups -OCH3 is 1. The zero-order valence-corrected chi connectivity index (χ0v) is 23.7. The van der Waals surface area contributed by atoms with Crippen molar-refractivity contribution in [1.82, 2.24) is 29.5 Å². The van der Waals surface area contributed by atoms with Crippen molar-refractivity contribution in [2.24, 2.45) is 7.05 Å². The first-order valence-corrected chi connectivity index (χ1v) is 13.3. The number of benzene rings is 1. The van der Waals surface area contributed by atoms with Gasteiger partial charge in [0.15, 0.2) is 5.82 Å². The minimum absolute atomic E-state index is 0.0490. The number of amides is 1. The van der Waals surface area contributed by atoms with E-state index in [1.54, 1.807) is 26.1 Å². The van der Waals surface area contributed by atoms with Gasteiger partial charge in [0.2, 0.25) is 5.88 Å². The first-order valence-electron chi connectivity index (χ1n) is 13.3. The molecule has 1 aliphatic heterocycles. The molecule has 0 unspecified atom stereocenters. The first kappa shape index (κ1) is 27.6. The lowest BCUT2D eigenvalue weighted by molar-refractivity contribution is 0.0131. The van der Waals surface area contributed by atoms with Crippen LogP contribution in [0.3, 0.4) is 0 Å². The Morgan fingerprint density at radius 1 is 1.17 bits per heavy atom. The third-order valence-electron chi connectivity index (χ3n) is 7.40. The van der Waals surface area contributed by atoms with Crippen molar-refractivity contribution in [3.63, 3.8) is 0 Å². The number of cyclic esters (lactones) is 1. The maximum absolute atomic E-state index is 15.4. The summed E-state index contributed by atoms with van der Waals surface area (Å²) in [4.78, 5) is 36.6. The average molecular weight is 580 g/mol. The van der Waals surface area contributed by atoms with Crippen LogP contribution in [0, 0.1) is 5.82 Å². The number of nitrogens with zero attached hydrogens (tertiary/aromatic N) is 7. The van der Waals surface area contributed by atoms with Crippen LogP contribution in [0.2, 0.25) is 0 Å². The van der Waals surface area contributed by atoms with Crippen LogP contribution in [0.5, 0.6) is 5.88 Å². The summed E-state index contributed by atoms with van der Waals surface area (Å²) in [6.07, 6.45) is 5.51. The smallest absolute Gasteiger partial charge is 0.416 e. The van der Waals surface area contributed by atoms with Gasteiger partial charge in [-0.15, -0.1) is 0 Å². The number of anilines is 1. The summed E-state index contributed by atoms with van der Waals surface area (Å²) < 4.78 is 55.5. The van der Waals surface area contributed by atoms with Crippen molar-refractivity contribution in [3.8, 4) is 28.7 Å². The Hall–Kier alpha value is -4.55. The van der Waals surface area contributed by atoms with Gasteiger partial charge in [-0.1, -0.05) is 6.07 Å². The van der Waals surface area contributed by atoms with Crippen LogP contribution in [0.25, 0.3) is 22.8 Å². The molecule has 1 aromatic carbocycles. The Balaban J connectivity index is 1.38. The van der Waals surface area contributed by atoms with Crippen LogP contribution < -0.4 is 9.64 Å². The second-order valence-electron chi connectivity index (χ2n) is 11.1. The zero-order chi connectivity index (χ0) is 30.0. The molecule has 4 aromatic rings. The maximum atomic E-state index is 15.4. The second kappa shape index (κ2) is 9.78. The fraction of sp³-hybridized carbons (Fsp3) is 0.379. The molecule has 1 amide bonds. The van der Waals surface area contributed by atoms with Crippen molar-refractivity contribution in [1.29, 1.82) is 0 Å². The highest BCUT2D eigenvalue weighted by atomic mass is 19.3. The number of carbonyl (C=O) groups is 1. The minimum atomic E-state index is -3.17. The van der Waals surface area contributed by atoms with E-state index in [-0.39, 0.29) is 23.9 Å². The molecular weight excluding hydrogens is 551 g/mol. The number of hydrogen-bond acceptors (Lipinski definition) is 8. The molecule has 0 radical (unpaired) electrons. The summed E-state index contributed by atoms with van der Waals surface area (Å²) >= 11 is 0. The maximum Gasteiger partial charge on any atom is 0.416 e. The minimum Gasteiger partial charge on any atom is -0.480 e. The van der Waals surface area contributed by atoms with Crippen LogP contribution in [-0.4, -0.2) is 42.7 Å². The molecule has 2 aliphatic rings. The van der Waals surface area contributed by atoms with E-state index in [4.69, 9.17) is 14.5 Å². The summed E-state index contributed by atoms with van der Waals surface area (Å²) in [5.41, 5.74) is 0.893. The van der Waals surface area contributed by atoms with Gasteiger partial charge in [-0.05, 0) is 44.4 Å². The molecule has 13 heteroatoms. The van der Waals surface area contributed by atoms with E-state index in [1.165, 1.54) is 48.3 Å². The van der Waals surface area contributed by atoms with Crippen molar-refractivity contribution >= 4 is 11.9 Å². The molecular formula is C29H28F3N7O3. The number of fused-ring (bicyclic) bond motifs is 1. The first-order chi connectivity index (χ1) is 19.9. The van der Waals surface area contributed by atoms with E-state index < -0.39 is 29.1 Å². The lowest BCUT2D eigenvalue weighted by Gasteiger charge is -2.37. The summed E-state index contributed by atoms with van der Waals surface area (Å²) in [5, 5.41) is 0. The van der Waals surface area contributed by atoms with E-state index in [2.05, 4.69) is 19.9 Å². The van der Waals surface area contributed by atoms with E-state index >= 15 is 4.39 Å². The molecule has 4 heterocycles. The fourth-order valence-corrected chi connectivity index (χ4v) is 5.04. The Morgan fingerprint density at radius 3 is 2.57 bits per heavy atom. The van der Waals surface area contributed by atoms with E-state index in [0.29, 0.717) is 34.2 Å². The van der Waals surface area contributed by atoms with Gasteiger partial charge in [0, 0.05) is 32.3 Å². The van der Waals surface area contributed by atoms with Gasteiger partial charge in [-0.25, -0.2) is 34.1 Å². The predicted molar refractivity (Wildman–Crippen MR) is 145 cm³/mol. The normalized spacial score (nSPS) is 16.3. The Kier molecular flexibility index (Phi) is 6.43. The molecule has 0 saturated heterocycles. The summed E-state index contributed by atoms with van der Waals surface area (Å²) in [6, 6.07) is 4.29. The van der Waals surface area contributed by atoms with Gasteiger partial charge in [0.05, 0.1) is 30.5 Å². The van der Waals surface area contributed by atoms with Gasteiger partial charge in [0.25, 0.3) is 5.92 Å². The highest BCUT2D eigenvalue weighted by Crippen LogP contribution is 2.46. The number of alkyl halides is 2. The lowest BCUT2D eigenvalue weighted by atomic mass is 9.97. The van der Waals surface area contributed by atoms with Gasteiger partial charge in [0.1, 0.15) is 40.6 Å². The quantitative estimate of drug-likeness (QED) is 0.268. The third-order valence-corrected chi connectivity index (χ3v) is 7.40. The lowest BCUT2D eigenvalue weighted by Crippen LogP contribution is -2.43. The van der Waals surface area contributed by atoms with Crippen LogP contribution in [0.15, 0.2) is 36.9 Å².